The van der Waals surface area contributed by atoms with Gasteiger partial charge in [-0.25, -0.2) is 0 Å². The zero-order chi connectivity index (χ0) is 20.8. The Kier molecular flexibility index (Phi) is 12.4. The number of aliphatic hydroxyl groups excluding tert-OH is 3. The van der Waals surface area contributed by atoms with Crippen LogP contribution in [0.5, 0.6) is 0 Å². The summed E-state index contributed by atoms with van der Waals surface area (Å²) in [6.07, 6.45) is 15.2. The first-order valence-electron chi connectivity index (χ1n) is 9.98. The molecule has 1 rings (SSSR count). The smallest absolute Gasteiger partial charge is 0.303 e. The van der Waals surface area contributed by atoms with Crippen LogP contribution in [0.25, 0.3) is 0 Å². The van der Waals surface area contributed by atoms with Gasteiger partial charge in [0.25, 0.3) is 0 Å². The highest BCUT2D eigenvalue weighted by Crippen LogP contribution is 2.26. The van der Waals surface area contributed by atoms with Crippen LogP contribution >= 0.6 is 0 Å². The van der Waals surface area contributed by atoms with Crippen molar-refractivity contribution in [2.45, 2.75) is 82.4 Å². The van der Waals surface area contributed by atoms with E-state index in [-0.39, 0.29) is 12.5 Å². The molecule has 0 radical (unpaired) electrons. The number of hydrogen-bond donors (Lipinski definition) is 4. The van der Waals surface area contributed by atoms with E-state index in [1.165, 1.54) is 12.2 Å². The first kappa shape index (κ1) is 24.3. The van der Waals surface area contributed by atoms with E-state index in [9.17, 15) is 20.1 Å². The molecule has 6 heteroatoms. The Bertz CT molecular complexity index is 551. The quantitative estimate of drug-likeness (QED) is 0.358. The van der Waals surface area contributed by atoms with Crippen molar-refractivity contribution in [2.75, 3.05) is 0 Å². The predicted octanol–water partition coefficient (Wildman–Crippen LogP) is 2.90. The van der Waals surface area contributed by atoms with E-state index in [0.29, 0.717) is 25.7 Å². The molecule has 0 aromatic heterocycles. The molecule has 0 amide bonds. The highest BCUT2D eigenvalue weighted by atomic mass is 16.5. The molecule has 28 heavy (non-hydrogen) atoms. The third-order valence-electron chi connectivity index (χ3n) is 4.44. The minimum atomic E-state index is -0.901. The zero-order valence-corrected chi connectivity index (χ0v) is 16.6. The van der Waals surface area contributed by atoms with Crippen molar-refractivity contribution in [3.05, 3.63) is 48.6 Å². The summed E-state index contributed by atoms with van der Waals surface area (Å²) in [6, 6.07) is 0. The lowest BCUT2D eigenvalue weighted by molar-refractivity contribution is -0.136. The number of ether oxygens (including phenoxy) is 1. The molecular formula is C22H34O6. The van der Waals surface area contributed by atoms with Crippen LogP contribution < -0.4 is 0 Å². The highest BCUT2D eigenvalue weighted by molar-refractivity contribution is 5.66. The Hall–Kier alpha value is -1.73. The van der Waals surface area contributed by atoms with Crippen LogP contribution in [0.3, 0.4) is 0 Å². The van der Waals surface area contributed by atoms with Crippen LogP contribution in [-0.4, -0.2) is 56.9 Å². The Morgan fingerprint density at radius 3 is 2.57 bits per heavy atom. The van der Waals surface area contributed by atoms with Crippen LogP contribution in [0.2, 0.25) is 0 Å². The fourth-order valence-electron chi connectivity index (χ4n) is 2.87. The van der Waals surface area contributed by atoms with Gasteiger partial charge < -0.3 is 25.2 Å². The van der Waals surface area contributed by atoms with Gasteiger partial charge in [0, 0.05) is 12.8 Å². The molecule has 0 spiro atoms. The zero-order valence-electron chi connectivity index (χ0n) is 16.6. The molecule has 1 fully saturated rings. The molecule has 1 aliphatic heterocycles. The largest absolute Gasteiger partial charge is 0.481 e. The van der Waals surface area contributed by atoms with E-state index in [4.69, 9.17) is 9.84 Å². The van der Waals surface area contributed by atoms with Gasteiger partial charge in [-0.05, 0) is 32.1 Å². The number of allylic oxidation sites excluding steroid dienone is 4. The first-order chi connectivity index (χ1) is 13.4. The molecule has 0 aromatic carbocycles. The van der Waals surface area contributed by atoms with Crippen LogP contribution in [0.15, 0.2) is 48.6 Å². The van der Waals surface area contributed by atoms with Gasteiger partial charge in [0.05, 0.1) is 30.5 Å². The second kappa shape index (κ2) is 14.3. The lowest BCUT2D eigenvalue weighted by Gasteiger charge is -2.16. The lowest BCUT2D eigenvalue weighted by atomic mass is 10.0. The Balaban J connectivity index is 2.33. The van der Waals surface area contributed by atoms with Crippen LogP contribution in [-0.2, 0) is 9.53 Å². The van der Waals surface area contributed by atoms with Gasteiger partial charge in [0.1, 0.15) is 0 Å². The molecule has 6 nitrogen and oxygen atoms in total. The maximum atomic E-state index is 10.4. The van der Waals surface area contributed by atoms with E-state index in [2.05, 4.69) is 19.1 Å². The van der Waals surface area contributed by atoms with E-state index < -0.39 is 30.4 Å². The topological polar surface area (TPSA) is 107 Å². The van der Waals surface area contributed by atoms with Gasteiger partial charge in [-0.2, -0.15) is 0 Å². The van der Waals surface area contributed by atoms with Crippen molar-refractivity contribution in [1.29, 1.82) is 0 Å². The number of aliphatic carboxylic acids is 1. The Morgan fingerprint density at radius 1 is 1.11 bits per heavy atom. The standard InChI is InChI=1S/C22H34O6/c1-2-3-4-5-6-9-12-20-19(25)16-21(28-20)18(24)15-14-17(23)11-8-7-10-13-22(26)27/h3-4,6-9,14-15,17-21,23-25H,2,5,10-13,16H2,1H3,(H,26,27)/b4-3-,8-7-,9-6-,15-14+/t17-,18-,19+,20-,21-/m0/s1. The van der Waals surface area contributed by atoms with Gasteiger partial charge in [-0.3, -0.25) is 4.79 Å². The average Bonchev–Trinajstić information content (AvgIpc) is 3.03. The molecule has 0 bridgehead atoms. The van der Waals surface area contributed by atoms with Crippen molar-refractivity contribution in [1.82, 2.24) is 0 Å². The molecule has 0 aliphatic carbocycles. The summed E-state index contributed by atoms with van der Waals surface area (Å²) in [5.41, 5.74) is 0. The monoisotopic (exact) mass is 394 g/mol. The fourth-order valence-corrected chi connectivity index (χ4v) is 2.87. The van der Waals surface area contributed by atoms with E-state index in [1.807, 2.05) is 12.2 Å². The molecule has 1 saturated heterocycles. The molecule has 0 aromatic rings. The summed E-state index contributed by atoms with van der Waals surface area (Å²) in [5.74, 6) is -0.853. The molecule has 5 atom stereocenters. The second-order valence-corrected chi connectivity index (χ2v) is 6.92. The van der Waals surface area contributed by atoms with Gasteiger partial charge in [0.2, 0.25) is 0 Å². The number of carboxylic acid groups (broad SMARTS) is 1. The Labute approximate surface area is 167 Å². The SMILES string of the molecule is CC/C=C\C/C=C\C[C@@H]1O[C@H]([C@@H](O)/C=C/[C@@H](O)C/C=C\CCC(=O)O)C[C@H]1O. The fraction of sp³-hybridized carbons (Fsp3) is 0.591. The van der Waals surface area contributed by atoms with E-state index in [0.717, 1.165) is 12.8 Å². The minimum Gasteiger partial charge on any atom is -0.481 e. The van der Waals surface area contributed by atoms with E-state index >= 15 is 0 Å². The van der Waals surface area contributed by atoms with Crippen LogP contribution in [0, 0.1) is 0 Å². The number of hydrogen-bond acceptors (Lipinski definition) is 5. The number of rotatable bonds is 13. The third-order valence-corrected chi connectivity index (χ3v) is 4.44. The predicted molar refractivity (Wildman–Crippen MR) is 109 cm³/mol. The summed E-state index contributed by atoms with van der Waals surface area (Å²) in [6.45, 7) is 2.08. The number of carboxylic acids is 1. The molecular weight excluding hydrogens is 360 g/mol. The van der Waals surface area contributed by atoms with Crippen molar-refractivity contribution < 1.29 is 30.0 Å². The second-order valence-electron chi connectivity index (χ2n) is 6.92. The van der Waals surface area contributed by atoms with Crippen molar-refractivity contribution in [2.24, 2.45) is 0 Å². The summed E-state index contributed by atoms with van der Waals surface area (Å²) in [7, 11) is 0. The summed E-state index contributed by atoms with van der Waals surface area (Å²) < 4.78 is 5.76. The first-order valence-corrected chi connectivity index (χ1v) is 9.98. The van der Waals surface area contributed by atoms with Crippen LogP contribution in [0.4, 0.5) is 0 Å². The van der Waals surface area contributed by atoms with Crippen molar-refractivity contribution >= 4 is 5.97 Å². The number of aliphatic hydroxyl groups is 3. The summed E-state index contributed by atoms with van der Waals surface area (Å²) in [5, 5.41) is 38.8. The summed E-state index contributed by atoms with van der Waals surface area (Å²) in [4.78, 5) is 10.4. The molecule has 0 saturated carbocycles. The minimum absolute atomic E-state index is 0.0638. The van der Waals surface area contributed by atoms with Gasteiger partial charge in [0.15, 0.2) is 0 Å². The molecule has 4 N–H and O–H groups in total. The highest BCUT2D eigenvalue weighted by Gasteiger charge is 2.36. The van der Waals surface area contributed by atoms with Gasteiger partial charge >= 0.3 is 5.97 Å². The lowest BCUT2D eigenvalue weighted by Crippen LogP contribution is -2.24. The summed E-state index contributed by atoms with van der Waals surface area (Å²) >= 11 is 0. The average molecular weight is 395 g/mol. The maximum absolute atomic E-state index is 10.4. The molecule has 158 valence electrons. The Morgan fingerprint density at radius 2 is 1.86 bits per heavy atom. The molecule has 1 aliphatic rings. The van der Waals surface area contributed by atoms with E-state index in [1.54, 1.807) is 12.2 Å². The van der Waals surface area contributed by atoms with Crippen LogP contribution in [0.1, 0.15) is 51.9 Å². The molecule has 1 heterocycles. The third kappa shape index (κ3) is 10.6. The van der Waals surface area contributed by atoms with Gasteiger partial charge in [-0.15, -0.1) is 0 Å². The maximum Gasteiger partial charge on any atom is 0.303 e. The van der Waals surface area contributed by atoms with Gasteiger partial charge in [-0.1, -0.05) is 55.5 Å². The van der Waals surface area contributed by atoms with Crippen molar-refractivity contribution in [3.63, 3.8) is 0 Å². The van der Waals surface area contributed by atoms with Crippen molar-refractivity contribution in [3.8, 4) is 0 Å². The normalized spacial score (nSPS) is 25.5. The number of carbonyl (C=O) groups is 1. The molecule has 0 unspecified atom stereocenters.